The van der Waals surface area contributed by atoms with Crippen LogP contribution in [0.2, 0.25) is 5.02 Å². The van der Waals surface area contributed by atoms with Gasteiger partial charge in [0.25, 0.3) is 0 Å². The zero-order chi connectivity index (χ0) is 13.5. The molecule has 0 aromatic heterocycles. The van der Waals surface area contributed by atoms with E-state index >= 15 is 0 Å². The van der Waals surface area contributed by atoms with Crippen molar-refractivity contribution in [3.8, 4) is 0 Å². The van der Waals surface area contributed by atoms with E-state index in [1.54, 1.807) is 0 Å². The van der Waals surface area contributed by atoms with Crippen molar-refractivity contribution in [1.29, 1.82) is 0 Å². The first kappa shape index (κ1) is 17.6. The van der Waals surface area contributed by atoms with Crippen molar-refractivity contribution in [2.24, 2.45) is 10.7 Å². The van der Waals surface area contributed by atoms with Crippen LogP contribution in [0.1, 0.15) is 31.2 Å². The Balaban J connectivity index is 0.00000200. The van der Waals surface area contributed by atoms with Crippen LogP contribution in [0.25, 0.3) is 0 Å². The normalized spacial score (nSPS) is 15.8. The lowest BCUT2D eigenvalue weighted by Gasteiger charge is -2.27. The molecular formula is C15H23ClIN3. The molecule has 1 aliphatic rings. The first-order valence-corrected chi connectivity index (χ1v) is 7.43. The number of hydrogen-bond acceptors (Lipinski definition) is 1. The van der Waals surface area contributed by atoms with Gasteiger partial charge in [-0.05, 0) is 43.7 Å². The van der Waals surface area contributed by atoms with E-state index < -0.39 is 0 Å². The molecule has 0 aliphatic carbocycles. The van der Waals surface area contributed by atoms with E-state index in [0.717, 1.165) is 37.5 Å². The Labute approximate surface area is 143 Å². The van der Waals surface area contributed by atoms with Gasteiger partial charge in [0.15, 0.2) is 5.96 Å². The summed E-state index contributed by atoms with van der Waals surface area (Å²) >= 11 is 6.12. The summed E-state index contributed by atoms with van der Waals surface area (Å²) in [4.78, 5) is 6.66. The molecule has 0 spiro atoms. The summed E-state index contributed by atoms with van der Waals surface area (Å²) in [5, 5.41) is 0.843. The first-order chi connectivity index (χ1) is 9.27. The van der Waals surface area contributed by atoms with E-state index in [1.165, 1.54) is 24.8 Å². The van der Waals surface area contributed by atoms with Crippen LogP contribution in [-0.4, -0.2) is 30.5 Å². The lowest BCUT2D eigenvalue weighted by molar-refractivity contribution is 0.338. The standard InChI is InChI=1S/C15H22ClN3.HI/c16-14-9-3-2-7-13(14)8-6-10-18-15(17)19-11-4-1-5-12-19;/h2-3,7,9H,1,4-6,8,10-12H2,(H2,17,18);1H. The number of halogens is 2. The van der Waals surface area contributed by atoms with Gasteiger partial charge in [0, 0.05) is 24.7 Å². The van der Waals surface area contributed by atoms with E-state index in [2.05, 4.69) is 16.0 Å². The molecule has 112 valence electrons. The highest BCUT2D eigenvalue weighted by molar-refractivity contribution is 14.0. The molecule has 2 rings (SSSR count). The van der Waals surface area contributed by atoms with Gasteiger partial charge in [0.2, 0.25) is 0 Å². The quantitative estimate of drug-likeness (QED) is 0.358. The second-order valence-electron chi connectivity index (χ2n) is 4.98. The SMILES string of the molecule is I.NC(=NCCCc1ccccc1Cl)N1CCCCC1. The van der Waals surface area contributed by atoms with Crippen molar-refractivity contribution in [3.05, 3.63) is 34.9 Å². The average molecular weight is 408 g/mol. The summed E-state index contributed by atoms with van der Waals surface area (Å²) in [6.45, 7) is 2.88. The number of guanidine groups is 1. The molecule has 0 atom stereocenters. The smallest absolute Gasteiger partial charge is 0.191 e. The molecule has 0 bridgehead atoms. The maximum atomic E-state index is 6.12. The summed E-state index contributed by atoms with van der Waals surface area (Å²) < 4.78 is 0. The first-order valence-electron chi connectivity index (χ1n) is 7.05. The van der Waals surface area contributed by atoms with E-state index in [9.17, 15) is 0 Å². The zero-order valence-electron chi connectivity index (χ0n) is 11.7. The van der Waals surface area contributed by atoms with Gasteiger partial charge >= 0.3 is 0 Å². The molecule has 1 aromatic carbocycles. The van der Waals surface area contributed by atoms with Crippen LogP contribution in [0.4, 0.5) is 0 Å². The van der Waals surface area contributed by atoms with Gasteiger partial charge in [0.05, 0.1) is 0 Å². The van der Waals surface area contributed by atoms with Crippen molar-refractivity contribution in [1.82, 2.24) is 4.90 Å². The molecule has 5 heteroatoms. The number of benzene rings is 1. The van der Waals surface area contributed by atoms with Crippen LogP contribution >= 0.6 is 35.6 Å². The number of nitrogens with two attached hydrogens (primary N) is 1. The molecule has 3 nitrogen and oxygen atoms in total. The Morgan fingerprint density at radius 1 is 1.20 bits per heavy atom. The Morgan fingerprint density at radius 2 is 1.90 bits per heavy atom. The van der Waals surface area contributed by atoms with Gasteiger partial charge in [-0.25, -0.2) is 0 Å². The predicted octanol–water partition coefficient (Wildman–Crippen LogP) is 3.69. The van der Waals surface area contributed by atoms with E-state index in [0.29, 0.717) is 5.96 Å². The Bertz CT molecular complexity index is 431. The number of aliphatic imine (C=N–C) groups is 1. The molecule has 1 heterocycles. The molecule has 1 fully saturated rings. The highest BCUT2D eigenvalue weighted by atomic mass is 127. The topological polar surface area (TPSA) is 41.6 Å². The zero-order valence-corrected chi connectivity index (χ0v) is 14.8. The summed E-state index contributed by atoms with van der Waals surface area (Å²) in [5.74, 6) is 0.707. The van der Waals surface area contributed by atoms with Crippen LogP contribution < -0.4 is 5.73 Å². The number of piperidine rings is 1. The van der Waals surface area contributed by atoms with Gasteiger partial charge < -0.3 is 10.6 Å². The molecule has 0 amide bonds. The average Bonchev–Trinajstić information content (AvgIpc) is 2.46. The minimum atomic E-state index is 0. The van der Waals surface area contributed by atoms with E-state index in [1.807, 2.05) is 18.2 Å². The Kier molecular flexibility index (Phi) is 8.30. The van der Waals surface area contributed by atoms with Crippen LogP contribution in [0.5, 0.6) is 0 Å². The van der Waals surface area contributed by atoms with Gasteiger partial charge in [0.1, 0.15) is 0 Å². The number of aryl methyl sites for hydroxylation is 1. The van der Waals surface area contributed by atoms with Gasteiger partial charge in [-0.15, -0.1) is 24.0 Å². The monoisotopic (exact) mass is 407 g/mol. The lowest BCUT2D eigenvalue weighted by Crippen LogP contribution is -2.40. The van der Waals surface area contributed by atoms with Crippen LogP contribution in [0.15, 0.2) is 29.3 Å². The largest absolute Gasteiger partial charge is 0.370 e. The maximum absolute atomic E-state index is 6.12. The van der Waals surface area contributed by atoms with Crippen LogP contribution in [-0.2, 0) is 6.42 Å². The molecule has 1 aliphatic heterocycles. The summed E-state index contributed by atoms with van der Waals surface area (Å²) in [6, 6.07) is 7.98. The molecular weight excluding hydrogens is 385 g/mol. The van der Waals surface area contributed by atoms with Crippen LogP contribution in [0.3, 0.4) is 0 Å². The Hall–Kier alpha value is -0.490. The second-order valence-corrected chi connectivity index (χ2v) is 5.39. The molecule has 20 heavy (non-hydrogen) atoms. The van der Waals surface area contributed by atoms with Crippen molar-refractivity contribution in [2.45, 2.75) is 32.1 Å². The predicted molar refractivity (Wildman–Crippen MR) is 97.1 cm³/mol. The minimum Gasteiger partial charge on any atom is -0.370 e. The maximum Gasteiger partial charge on any atom is 0.191 e. The molecule has 0 unspecified atom stereocenters. The highest BCUT2D eigenvalue weighted by Crippen LogP contribution is 2.16. The third kappa shape index (κ3) is 5.48. The van der Waals surface area contributed by atoms with Crippen molar-refractivity contribution in [2.75, 3.05) is 19.6 Å². The minimum absolute atomic E-state index is 0. The second kappa shape index (κ2) is 9.45. The third-order valence-corrected chi connectivity index (χ3v) is 3.88. The van der Waals surface area contributed by atoms with E-state index in [4.69, 9.17) is 17.3 Å². The van der Waals surface area contributed by atoms with Crippen molar-refractivity contribution in [3.63, 3.8) is 0 Å². The number of hydrogen-bond donors (Lipinski definition) is 1. The van der Waals surface area contributed by atoms with E-state index in [-0.39, 0.29) is 24.0 Å². The molecule has 1 saturated heterocycles. The van der Waals surface area contributed by atoms with Crippen molar-refractivity contribution < 1.29 is 0 Å². The number of likely N-dealkylation sites (tertiary alicyclic amines) is 1. The van der Waals surface area contributed by atoms with Crippen LogP contribution in [0, 0.1) is 0 Å². The van der Waals surface area contributed by atoms with Gasteiger partial charge in [-0.2, -0.15) is 0 Å². The lowest BCUT2D eigenvalue weighted by atomic mass is 10.1. The fourth-order valence-electron chi connectivity index (χ4n) is 2.39. The summed E-state index contributed by atoms with van der Waals surface area (Å²) in [6.07, 6.45) is 5.72. The fraction of sp³-hybridized carbons (Fsp3) is 0.533. The molecule has 2 N–H and O–H groups in total. The van der Waals surface area contributed by atoms with Crippen molar-refractivity contribution >= 4 is 41.5 Å². The molecule has 1 aromatic rings. The third-order valence-electron chi connectivity index (χ3n) is 3.52. The van der Waals surface area contributed by atoms with Gasteiger partial charge in [-0.3, -0.25) is 4.99 Å². The number of nitrogens with zero attached hydrogens (tertiary/aromatic N) is 2. The summed E-state index contributed by atoms with van der Waals surface area (Å²) in [5.41, 5.74) is 7.20. The molecule has 0 saturated carbocycles. The fourth-order valence-corrected chi connectivity index (χ4v) is 2.62. The highest BCUT2D eigenvalue weighted by Gasteiger charge is 2.11. The Morgan fingerprint density at radius 3 is 2.60 bits per heavy atom. The number of rotatable bonds is 4. The molecule has 0 radical (unpaired) electrons. The summed E-state index contributed by atoms with van der Waals surface area (Å²) in [7, 11) is 0. The van der Waals surface area contributed by atoms with Gasteiger partial charge in [-0.1, -0.05) is 29.8 Å².